The van der Waals surface area contributed by atoms with E-state index in [2.05, 4.69) is 34.3 Å². The summed E-state index contributed by atoms with van der Waals surface area (Å²) in [4.78, 5) is 18.3. The minimum Gasteiger partial charge on any atom is -0.481 e. The van der Waals surface area contributed by atoms with Crippen molar-refractivity contribution in [1.82, 2.24) is 4.98 Å². The molecule has 2 aromatic rings. The van der Waals surface area contributed by atoms with E-state index in [9.17, 15) is 15.2 Å². The smallest absolute Gasteiger partial charge is 0.304 e. The summed E-state index contributed by atoms with van der Waals surface area (Å²) in [6, 6.07) is 12.1. The zero-order valence-corrected chi connectivity index (χ0v) is 19.5. The summed E-state index contributed by atoms with van der Waals surface area (Å²) >= 11 is 0. The highest BCUT2D eigenvalue weighted by Crippen LogP contribution is 2.35. The molecule has 0 spiro atoms. The van der Waals surface area contributed by atoms with E-state index >= 15 is 0 Å². The number of anilines is 3. The van der Waals surface area contributed by atoms with Crippen molar-refractivity contribution in [2.75, 3.05) is 43.7 Å². The van der Waals surface area contributed by atoms with Crippen molar-refractivity contribution in [2.24, 2.45) is 0 Å². The van der Waals surface area contributed by atoms with Crippen LogP contribution in [0.25, 0.3) is 0 Å². The average molecular weight is 453 g/mol. The van der Waals surface area contributed by atoms with Crippen LogP contribution in [0.4, 0.5) is 17.2 Å². The summed E-state index contributed by atoms with van der Waals surface area (Å²) in [5.41, 5.74) is 3.96. The van der Waals surface area contributed by atoms with E-state index in [-0.39, 0.29) is 12.3 Å². The lowest BCUT2D eigenvalue weighted by atomic mass is 9.95. The molecule has 3 rings (SSSR count). The maximum absolute atomic E-state index is 11.4. The van der Waals surface area contributed by atoms with E-state index < -0.39 is 5.97 Å². The molecule has 8 heteroatoms. The van der Waals surface area contributed by atoms with Crippen LogP contribution in [0.2, 0.25) is 0 Å². The number of aromatic nitrogens is 1. The lowest BCUT2D eigenvalue weighted by Crippen LogP contribution is -2.39. The minimum atomic E-state index is -0.864. The first-order chi connectivity index (χ1) is 16.0. The Morgan fingerprint density at radius 2 is 2.12 bits per heavy atom. The molecule has 1 aliphatic rings. The molecule has 1 unspecified atom stereocenters. The van der Waals surface area contributed by atoms with Gasteiger partial charge in [-0.1, -0.05) is 6.07 Å². The molecule has 0 saturated carbocycles. The number of aryl methyl sites for hydroxylation is 1. The van der Waals surface area contributed by atoms with E-state index in [0.29, 0.717) is 29.7 Å². The van der Waals surface area contributed by atoms with Gasteiger partial charge in [0.15, 0.2) is 0 Å². The number of carboxylic acids is 1. The fourth-order valence-corrected chi connectivity index (χ4v) is 4.35. The number of nitrogens with one attached hydrogen (secondary N) is 1. The van der Waals surface area contributed by atoms with Crippen LogP contribution in [-0.4, -0.2) is 55.6 Å². The van der Waals surface area contributed by atoms with Gasteiger partial charge >= 0.3 is 5.97 Å². The van der Waals surface area contributed by atoms with Gasteiger partial charge in [0, 0.05) is 38.8 Å². The SMILES string of the molecule is CCN(c1ccc(C(COC)CC(=O)O)cc1Nc1ccc(C#N)c(C)n1)C1CCOCC1. The topological polar surface area (TPSA) is 108 Å². The fourth-order valence-electron chi connectivity index (χ4n) is 4.35. The summed E-state index contributed by atoms with van der Waals surface area (Å²) in [5.74, 6) is -0.497. The van der Waals surface area contributed by atoms with Crippen LogP contribution in [0.15, 0.2) is 30.3 Å². The Labute approximate surface area is 195 Å². The Morgan fingerprint density at radius 3 is 2.73 bits per heavy atom. The van der Waals surface area contributed by atoms with Crippen LogP contribution in [-0.2, 0) is 14.3 Å². The van der Waals surface area contributed by atoms with E-state index in [1.807, 2.05) is 19.1 Å². The highest BCUT2D eigenvalue weighted by atomic mass is 16.5. The van der Waals surface area contributed by atoms with E-state index in [1.54, 1.807) is 19.2 Å². The maximum Gasteiger partial charge on any atom is 0.304 e. The molecule has 8 nitrogen and oxygen atoms in total. The lowest BCUT2D eigenvalue weighted by Gasteiger charge is -2.36. The van der Waals surface area contributed by atoms with Crippen molar-refractivity contribution in [3.8, 4) is 6.07 Å². The summed E-state index contributed by atoms with van der Waals surface area (Å²) in [5, 5.41) is 22.0. The molecule has 2 N–H and O–H groups in total. The Hall–Kier alpha value is -3.15. The molecule has 1 saturated heterocycles. The summed E-state index contributed by atoms with van der Waals surface area (Å²) in [6.07, 6.45) is 1.89. The zero-order chi connectivity index (χ0) is 23.8. The van der Waals surface area contributed by atoms with Gasteiger partial charge in [-0.2, -0.15) is 5.26 Å². The van der Waals surface area contributed by atoms with Gasteiger partial charge in [0.2, 0.25) is 0 Å². The third-order valence-electron chi connectivity index (χ3n) is 6.03. The number of methoxy groups -OCH3 is 1. The molecular weight excluding hydrogens is 420 g/mol. The second kappa shape index (κ2) is 11.6. The molecule has 1 aromatic heterocycles. The van der Waals surface area contributed by atoms with Crippen molar-refractivity contribution < 1.29 is 19.4 Å². The number of hydrogen-bond acceptors (Lipinski definition) is 7. The molecule has 176 valence electrons. The van der Waals surface area contributed by atoms with Crippen LogP contribution in [0, 0.1) is 18.3 Å². The highest BCUT2D eigenvalue weighted by molar-refractivity contribution is 5.76. The summed E-state index contributed by atoms with van der Waals surface area (Å²) in [7, 11) is 1.58. The van der Waals surface area contributed by atoms with Crippen molar-refractivity contribution in [1.29, 1.82) is 5.26 Å². The molecule has 1 aliphatic heterocycles. The van der Waals surface area contributed by atoms with Gasteiger partial charge in [0.05, 0.1) is 35.7 Å². The molecule has 1 atom stereocenters. The number of hydrogen-bond donors (Lipinski definition) is 2. The number of rotatable bonds is 10. The van der Waals surface area contributed by atoms with E-state index in [4.69, 9.17) is 9.47 Å². The normalized spacial score (nSPS) is 15.0. The van der Waals surface area contributed by atoms with Gasteiger partial charge in [0.25, 0.3) is 0 Å². The van der Waals surface area contributed by atoms with Gasteiger partial charge < -0.3 is 24.8 Å². The van der Waals surface area contributed by atoms with Crippen LogP contribution in [0.1, 0.15) is 48.9 Å². The number of nitriles is 1. The van der Waals surface area contributed by atoms with Crippen LogP contribution < -0.4 is 10.2 Å². The van der Waals surface area contributed by atoms with Crippen LogP contribution in [0.5, 0.6) is 0 Å². The fraction of sp³-hybridized carbons (Fsp3) is 0.480. The Kier molecular flexibility index (Phi) is 8.64. The van der Waals surface area contributed by atoms with Crippen molar-refractivity contribution in [2.45, 2.75) is 45.1 Å². The molecular formula is C25H32N4O4. The molecule has 0 bridgehead atoms. The van der Waals surface area contributed by atoms with Crippen LogP contribution >= 0.6 is 0 Å². The van der Waals surface area contributed by atoms with Crippen LogP contribution in [0.3, 0.4) is 0 Å². The predicted molar refractivity (Wildman–Crippen MR) is 127 cm³/mol. The summed E-state index contributed by atoms with van der Waals surface area (Å²) < 4.78 is 10.9. The standard InChI is InChI=1S/C25H32N4O4/c1-4-29(21-9-11-33-12-10-21)23-7-5-18(20(16-32-3)14-25(30)31)13-22(23)28-24-8-6-19(15-26)17(2)27-24/h5-8,13,20-21H,4,9-12,14,16H2,1-3H3,(H,27,28)(H,30,31). The number of pyridine rings is 1. The molecule has 0 aliphatic carbocycles. The largest absolute Gasteiger partial charge is 0.481 e. The van der Waals surface area contributed by atoms with Crippen molar-refractivity contribution in [3.05, 3.63) is 47.2 Å². The molecule has 2 heterocycles. The summed E-state index contributed by atoms with van der Waals surface area (Å²) in [6.45, 7) is 6.57. The van der Waals surface area contributed by atoms with E-state index in [1.165, 1.54) is 0 Å². The molecule has 1 fully saturated rings. The van der Waals surface area contributed by atoms with Crippen molar-refractivity contribution >= 4 is 23.2 Å². The van der Waals surface area contributed by atoms with Gasteiger partial charge in [-0.3, -0.25) is 4.79 Å². The number of benzene rings is 1. The first-order valence-corrected chi connectivity index (χ1v) is 11.3. The second-order valence-electron chi connectivity index (χ2n) is 8.22. The number of nitrogens with zero attached hydrogens (tertiary/aromatic N) is 3. The highest BCUT2D eigenvalue weighted by Gasteiger charge is 2.24. The second-order valence-corrected chi connectivity index (χ2v) is 8.22. The monoisotopic (exact) mass is 452 g/mol. The molecule has 33 heavy (non-hydrogen) atoms. The quantitative estimate of drug-likeness (QED) is 0.552. The van der Waals surface area contributed by atoms with Gasteiger partial charge in [-0.15, -0.1) is 0 Å². The molecule has 0 radical (unpaired) electrons. The van der Waals surface area contributed by atoms with E-state index in [0.717, 1.165) is 49.5 Å². The minimum absolute atomic E-state index is 0.0156. The third-order valence-corrected chi connectivity index (χ3v) is 6.03. The van der Waals surface area contributed by atoms with Crippen molar-refractivity contribution in [3.63, 3.8) is 0 Å². The first-order valence-electron chi connectivity index (χ1n) is 11.3. The number of carbonyl (C=O) groups is 1. The molecule has 0 amide bonds. The van der Waals surface area contributed by atoms with Gasteiger partial charge in [-0.05, 0) is 56.5 Å². The van der Waals surface area contributed by atoms with Gasteiger partial charge in [0.1, 0.15) is 11.9 Å². The lowest BCUT2D eigenvalue weighted by molar-refractivity contribution is -0.137. The number of aliphatic carboxylic acids is 1. The first kappa shape index (κ1) is 24.5. The Balaban J connectivity index is 2.02. The number of carboxylic acid groups (broad SMARTS) is 1. The third kappa shape index (κ3) is 6.21. The number of ether oxygens (including phenoxy) is 2. The van der Waals surface area contributed by atoms with Gasteiger partial charge in [-0.25, -0.2) is 4.98 Å². The molecule has 1 aromatic carbocycles. The average Bonchev–Trinajstić information content (AvgIpc) is 2.81. The zero-order valence-electron chi connectivity index (χ0n) is 19.5. The predicted octanol–water partition coefficient (Wildman–Crippen LogP) is 4.22. The Bertz CT molecular complexity index is 998. The Morgan fingerprint density at radius 1 is 1.36 bits per heavy atom. The maximum atomic E-state index is 11.4.